The Morgan fingerprint density at radius 3 is 2.60 bits per heavy atom. The molecule has 0 saturated heterocycles. The van der Waals surface area contributed by atoms with Crippen molar-refractivity contribution in [2.24, 2.45) is 0 Å². The van der Waals surface area contributed by atoms with Gasteiger partial charge in [-0.25, -0.2) is 0 Å². The zero-order chi connectivity index (χ0) is 25.0. The third-order valence-electron chi connectivity index (χ3n) is 6.92. The number of anilines is 1. The van der Waals surface area contributed by atoms with Crippen molar-refractivity contribution in [2.45, 2.75) is 57.1 Å². The van der Waals surface area contributed by atoms with E-state index in [-0.39, 0.29) is 32.7 Å². The zero-order valence-corrected chi connectivity index (χ0v) is 20.6. The molecule has 1 aliphatic carbocycles. The maximum absolute atomic E-state index is 13.5. The summed E-state index contributed by atoms with van der Waals surface area (Å²) in [6.45, 7) is 6.40. The van der Waals surface area contributed by atoms with Gasteiger partial charge in [-0.1, -0.05) is 26.8 Å². The number of fused-ring (bicyclic) bond motifs is 2. The second-order valence-corrected chi connectivity index (χ2v) is 10.4. The number of hydrogen-bond acceptors (Lipinski definition) is 6. The summed E-state index contributed by atoms with van der Waals surface area (Å²) in [5.41, 5.74) is 2.59. The van der Waals surface area contributed by atoms with Crippen LogP contribution in [-0.4, -0.2) is 47.3 Å². The normalized spacial score (nSPS) is 16.9. The highest BCUT2D eigenvalue weighted by Crippen LogP contribution is 2.51. The van der Waals surface area contributed by atoms with Crippen molar-refractivity contribution < 1.29 is 30.6 Å². The Kier molecular flexibility index (Phi) is 5.68. The molecule has 1 amide bonds. The van der Waals surface area contributed by atoms with Crippen LogP contribution in [0.1, 0.15) is 46.3 Å². The summed E-state index contributed by atoms with van der Waals surface area (Å²) in [7, 11) is 1.59. The van der Waals surface area contributed by atoms with Crippen LogP contribution in [-0.2, 0) is 22.2 Å². The number of amides is 1. The van der Waals surface area contributed by atoms with Crippen LogP contribution in [0.3, 0.4) is 0 Å². The molecule has 0 unspecified atom stereocenters. The van der Waals surface area contributed by atoms with Gasteiger partial charge in [-0.15, -0.1) is 0 Å². The lowest BCUT2D eigenvalue weighted by Gasteiger charge is -2.24. The van der Waals surface area contributed by atoms with E-state index < -0.39 is 11.5 Å². The number of aliphatic hydroxyl groups is 2. The molecule has 2 aliphatic rings. The fourth-order valence-electron chi connectivity index (χ4n) is 4.90. The van der Waals surface area contributed by atoms with Crippen molar-refractivity contribution in [2.75, 3.05) is 25.8 Å². The Labute approximate surface area is 205 Å². The third-order valence-corrected chi connectivity index (χ3v) is 6.92. The number of carbonyl (C=O) groups excluding carboxylic acids is 1. The molecule has 3 N–H and O–H groups in total. The standard InChI is InChI=1S/C27H32N2O6.H2/c1-26(2,3)23-10-16-9-18(12-22(33-4)24(16)29(23)13-19(31)14-30)28-25(32)27(7-8-27)17-5-6-20-21(11-17)35-15-34-20;/h5-6,9-12,19,30-31H,7-8,13-15H2,1-4H3,(H,28,32);1H/t19-;/m1./s1. The van der Waals surface area contributed by atoms with Gasteiger partial charge < -0.3 is 34.3 Å². The number of nitrogens with zero attached hydrogens (tertiary/aromatic N) is 1. The van der Waals surface area contributed by atoms with E-state index in [2.05, 4.69) is 32.2 Å². The van der Waals surface area contributed by atoms with E-state index in [9.17, 15) is 15.0 Å². The second-order valence-electron chi connectivity index (χ2n) is 10.4. The topological polar surface area (TPSA) is 102 Å². The molecule has 0 bridgehead atoms. The molecule has 1 aromatic heterocycles. The van der Waals surface area contributed by atoms with Crippen LogP contribution >= 0.6 is 0 Å². The first-order valence-electron chi connectivity index (χ1n) is 11.9. The monoisotopic (exact) mass is 482 g/mol. The van der Waals surface area contributed by atoms with Gasteiger partial charge >= 0.3 is 0 Å². The summed E-state index contributed by atoms with van der Waals surface area (Å²) in [4.78, 5) is 13.5. The molecule has 1 aliphatic heterocycles. The van der Waals surface area contributed by atoms with E-state index in [1.807, 2.05) is 34.9 Å². The van der Waals surface area contributed by atoms with Crippen LogP contribution in [0, 0.1) is 0 Å². The number of aromatic nitrogens is 1. The largest absolute Gasteiger partial charge is 0.494 e. The van der Waals surface area contributed by atoms with E-state index in [0.717, 1.165) is 35.0 Å². The highest BCUT2D eigenvalue weighted by Gasteiger charge is 2.51. The summed E-state index contributed by atoms with van der Waals surface area (Å²) in [6, 6.07) is 11.5. The first-order chi connectivity index (χ1) is 16.7. The Bertz CT molecular complexity index is 1290. The molecule has 2 aromatic carbocycles. The minimum absolute atomic E-state index is 0. The fourth-order valence-corrected chi connectivity index (χ4v) is 4.90. The minimum Gasteiger partial charge on any atom is -0.494 e. The first kappa shape index (κ1) is 23.5. The second kappa shape index (κ2) is 8.46. The van der Waals surface area contributed by atoms with Gasteiger partial charge in [0.25, 0.3) is 0 Å². The van der Waals surface area contributed by atoms with Gasteiger partial charge in [-0.05, 0) is 42.7 Å². The van der Waals surface area contributed by atoms with Crippen molar-refractivity contribution >= 4 is 22.5 Å². The molecule has 5 rings (SSSR count). The summed E-state index contributed by atoms with van der Waals surface area (Å²) < 4.78 is 18.6. The van der Waals surface area contributed by atoms with Crippen molar-refractivity contribution in [3.05, 3.63) is 47.7 Å². The number of ether oxygens (including phenoxy) is 3. The van der Waals surface area contributed by atoms with Crippen molar-refractivity contribution in [1.82, 2.24) is 4.57 Å². The van der Waals surface area contributed by atoms with Gasteiger partial charge in [-0.2, -0.15) is 0 Å². The lowest BCUT2D eigenvalue weighted by molar-refractivity contribution is -0.118. The lowest BCUT2D eigenvalue weighted by atomic mass is 9.92. The van der Waals surface area contributed by atoms with Gasteiger partial charge in [0.1, 0.15) is 5.75 Å². The number of hydrogen-bond donors (Lipinski definition) is 3. The van der Waals surface area contributed by atoms with Crippen LogP contribution in [0.25, 0.3) is 10.9 Å². The molecular formula is C27H34N2O6. The van der Waals surface area contributed by atoms with Gasteiger partial charge in [0.05, 0.1) is 37.3 Å². The molecule has 8 heteroatoms. The van der Waals surface area contributed by atoms with Crippen LogP contribution in [0.5, 0.6) is 17.2 Å². The quantitative estimate of drug-likeness (QED) is 0.471. The van der Waals surface area contributed by atoms with Crippen molar-refractivity contribution in [1.29, 1.82) is 0 Å². The molecule has 188 valence electrons. The molecule has 2 heterocycles. The average molecular weight is 483 g/mol. The number of nitrogens with one attached hydrogen (secondary N) is 1. The maximum Gasteiger partial charge on any atom is 0.235 e. The number of methoxy groups -OCH3 is 1. The highest BCUT2D eigenvalue weighted by atomic mass is 16.7. The van der Waals surface area contributed by atoms with Crippen molar-refractivity contribution in [3.63, 3.8) is 0 Å². The summed E-state index contributed by atoms with van der Waals surface area (Å²) >= 11 is 0. The molecule has 1 saturated carbocycles. The maximum atomic E-state index is 13.5. The fraction of sp³-hybridized carbons (Fsp3) is 0.444. The number of benzene rings is 2. The number of carbonyl (C=O) groups is 1. The lowest BCUT2D eigenvalue weighted by Crippen LogP contribution is -2.27. The molecule has 1 atom stereocenters. The average Bonchev–Trinajstić information content (AvgIpc) is 3.36. The van der Waals surface area contributed by atoms with Gasteiger partial charge in [0.2, 0.25) is 12.7 Å². The van der Waals surface area contributed by atoms with Crippen LogP contribution in [0.2, 0.25) is 0 Å². The predicted molar refractivity (Wildman–Crippen MR) is 135 cm³/mol. The molecule has 0 radical (unpaired) electrons. The molecule has 8 nitrogen and oxygen atoms in total. The van der Waals surface area contributed by atoms with E-state index in [4.69, 9.17) is 14.2 Å². The van der Waals surface area contributed by atoms with Gasteiger partial charge in [0.15, 0.2) is 11.5 Å². The van der Waals surface area contributed by atoms with Crippen LogP contribution < -0.4 is 19.5 Å². The van der Waals surface area contributed by atoms with E-state index in [1.54, 1.807) is 7.11 Å². The third kappa shape index (κ3) is 4.10. The summed E-state index contributed by atoms with van der Waals surface area (Å²) in [5, 5.41) is 23.6. The molecule has 35 heavy (non-hydrogen) atoms. The van der Waals surface area contributed by atoms with E-state index in [1.165, 1.54) is 0 Å². The summed E-state index contributed by atoms with van der Waals surface area (Å²) in [5.74, 6) is 1.90. The zero-order valence-electron chi connectivity index (χ0n) is 20.6. The molecule has 1 fully saturated rings. The van der Waals surface area contributed by atoms with E-state index >= 15 is 0 Å². The SMILES string of the molecule is COc1cc(NC(=O)C2(c3ccc4c(c3)OCO4)CC2)cc2cc(C(C)(C)C)n(C[C@@H](O)CO)c12.[HH]. The van der Waals surface area contributed by atoms with Crippen LogP contribution in [0.4, 0.5) is 5.69 Å². The number of aliphatic hydroxyl groups excluding tert-OH is 2. The van der Waals surface area contributed by atoms with Crippen LogP contribution in [0.15, 0.2) is 36.4 Å². The van der Waals surface area contributed by atoms with Gasteiger partial charge in [0, 0.05) is 29.7 Å². The Morgan fingerprint density at radius 2 is 1.94 bits per heavy atom. The molecular weight excluding hydrogens is 448 g/mol. The predicted octanol–water partition coefficient (Wildman–Crippen LogP) is 3.95. The van der Waals surface area contributed by atoms with Gasteiger partial charge in [-0.3, -0.25) is 4.79 Å². The summed E-state index contributed by atoms with van der Waals surface area (Å²) in [6.07, 6.45) is 0.635. The number of rotatable bonds is 7. The van der Waals surface area contributed by atoms with Crippen molar-refractivity contribution in [3.8, 4) is 17.2 Å². The Hall–Kier alpha value is -3.23. The smallest absolute Gasteiger partial charge is 0.235 e. The first-order valence-corrected chi connectivity index (χ1v) is 11.9. The molecule has 0 spiro atoms. The minimum atomic E-state index is -0.896. The van der Waals surface area contributed by atoms with E-state index in [0.29, 0.717) is 22.9 Å². The highest BCUT2D eigenvalue weighted by molar-refractivity contribution is 6.03. The Balaban J connectivity index is 0.00000304. The Morgan fingerprint density at radius 1 is 1.20 bits per heavy atom. The molecule has 3 aromatic rings.